The number of fused-ring (bicyclic) bond motifs is 1. The lowest BCUT2D eigenvalue weighted by molar-refractivity contribution is 0.284. The van der Waals surface area contributed by atoms with Crippen LogP contribution in [0, 0.1) is 24.7 Å². The van der Waals surface area contributed by atoms with Crippen molar-refractivity contribution in [2.45, 2.75) is 39.0 Å². The lowest BCUT2D eigenvalue weighted by atomic mass is 9.95. The summed E-state index contributed by atoms with van der Waals surface area (Å²) in [6.07, 6.45) is 5.86. The minimum absolute atomic E-state index is 0.353. The van der Waals surface area contributed by atoms with Crippen molar-refractivity contribution in [2.24, 2.45) is 17.8 Å². The van der Waals surface area contributed by atoms with Crippen LogP contribution in [0.3, 0.4) is 0 Å². The molecule has 0 amide bonds. The largest absolute Gasteiger partial charge is 0.508 e. The smallest absolute Gasteiger partial charge is 0.115 e. The second-order valence-corrected chi connectivity index (χ2v) is 8.52. The average molecular weight is 351 g/mol. The zero-order valence-electron chi connectivity index (χ0n) is 15.9. The van der Waals surface area contributed by atoms with E-state index in [9.17, 15) is 5.11 Å². The second-order valence-electron chi connectivity index (χ2n) is 8.52. The number of aromatic nitrogens is 1. The minimum atomic E-state index is 0.353. The van der Waals surface area contributed by atoms with Crippen LogP contribution >= 0.6 is 0 Å². The van der Waals surface area contributed by atoms with Crippen LogP contribution in [0.15, 0.2) is 42.6 Å². The van der Waals surface area contributed by atoms with E-state index in [-0.39, 0.29) is 0 Å². The summed E-state index contributed by atoms with van der Waals surface area (Å²) in [5, 5.41) is 9.46. The molecule has 2 heterocycles. The fourth-order valence-corrected chi connectivity index (χ4v) is 5.18. The summed E-state index contributed by atoms with van der Waals surface area (Å²) in [6.45, 7) is 8.08. The highest BCUT2D eigenvalue weighted by atomic mass is 16.3. The normalized spacial score (nSPS) is 26.8. The monoisotopic (exact) mass is 350 g/mol. The van der Waals surface area contributed by atoms with Gasteiger partial charge >= 0.3 is 0 Å². The van der Waals surface area contributed by atoms with Crippen LogP contribution in [0.4, 0.5) is 0 Å². The maximum Gasteiger partial charge on any atom is 0.115 e. The number of aromatic hydroxyl groups is 1. The fraction of sp³-hybridized carbons (Fsp3) is 0.522. The predicted molar refractivity (Wildman–Crippen MR) is 105 cm³/mol. The van der Waals surface area contributed by atoms with E-state index in [1.54, 1.807) is 12.1 Å². The van der Waals surface area contributed by atoms with Crippen molar-refractivity contribution in [3.8, 4) is 5.75 Å². The highest BCUT2D eigenvalue weighted by Crippen LogP contribution is 2.43. The number of pyridine rings is 1. The molecule has 1 aliphatic heterocycles. The zero-order chi connectivity index (χ0) is 18.1. The molecule has 0 radical (unpaired) electrons. The van der Waals surface area contributed by atoms with Gasteiger partial charge in [-0.05, 0) is 79.2 Å². The van der Waals surface area contributed by atoms with Gasteiger partial charge in [0.25, 0.3) is 0 Å². The molecule has 1 saturated heterocycles. The van der Waals surface area contributed by atoms with Crippen LogP contribution in [0.2, 0.25) is 0 Å². The summed E-state index contributed by atoms with van der Waals surface area (Å²) in [4.78, 5) is 7.11. The molecule has 2 aromatic rings. The number of hydrogen-bond acceptors (Lipinski definition) is 3. The summed E-state index contributed by atoms with van der Waals surface area (Å²) in [6, 6.07) is 12.0. The molecule has 0 spiro atoms. The molecule has 1 saturated carbocycles. The first-order valence-electron chi connectivity index (χ1n) is 10.00. The molecule has 3 nitrogen and oxygen atoms in total. The Morgan fingerprint density at radius 2 is 1.81 bits per heavy atom. The van der Waals surface area contributed by atoms with Gasteiger partial charge in [-0.2, -0.15) is 0 Å². The van der Waals surface area contributed by atoms with E-state index in [0.29, 0.717) is 11.7 Å². The van der Waals surface area contributed by atoms with E-state index in [4.69, 9.17) is 0 Å². The van der Waals surface area contributed by atoms with Crippen molar-refractivity contribution in [2.75, 3.05) is 19.6 Å². The molecule has 1 N–H and O–H groups in total. The van der Waals surface area contributed by atoms with Gasteiger partial charge in [0.05, 0.1) is 0 Å². The Hall–Kier alpha value is -1.87. The number of nitrogens with zero attached hydrogens (tertiary/aromatic N) is 2. The number of phenols is 1. The second kappa shape index (κ2) is 7.40. The molecule has 4 rings (SSSR count). The van der Waals surface area contributed by atoms with Crippen LogP contribution in [0.25, 0.3) is 0 Å². The summed E-state index contributed by atoms with van der Waals surface area (Å²) < 4.78 is 0. The molecule has 1 aliphatic carbocycles. The first-order valence-corrected chi connectivity index (χ1v) is 10.00. The molecular weight excluding hydrogens is 320 g/mol. The van der Waals surface area contributed by atoms with Crippen molar-refractivity contribution in [1.29, 1.82) is 0 Å². The Labute approximate surface area is 157 Å². The SMILES string of the molecule is Cc1ncccc1CC1C[C@@H]2CN(CC(C)c3ccc(O)cc3)C[C@@H]2C1. The Bertz CT molecular complexity index is 728. The Morgan fingerprint density at radius 1 is 1.12 bits per heavy atom. The number of rotatable bonds is 5. The summed E-state index contributed by atoms with van der Waals surface area (Å²) in [5.41, 5.74) is 3.97. The third-order valence-electron chi connectivity index (χ3n) is 6.54. The lowest BCUT2D eigenvalue weighted by Gasteiger charge is -2.23. The minimum Gasteiger partial charge on any atom is -0.508 e. The molecule has 4 atom stereocenters. The maximum atomic E-state index is 9.46. The van der Waals surface area contributed by atoms with Crippen LogP contribution in [-0.2, 0) is 6.42 Å². The lowest BCUT2D eigenvalue weighted by Crippen LogP contribution is -2.27. The summed E-state index contributed by atoms with van der Waals surface area (Å²) in [5.74, 6) is 3.47. The molecular formula is C23H30N2O. The maximum absolute atomic E-state index is 9.46. The third-order valence-corrected chi connectivity index (χ3v) is 6.54. The Balaban J connectivity index is 1.29. The molecule has 1 aromatic carbocycles. The summed E-state index contributed by atoms with van der Waals surface area (Å²) >= 11 is 0. The third kappa shape index (κ3) is 3.78. The summed E-state index contributed by atoms with van der Waals surface area (Å²) in [7, 11) is 0. The molecule has 2 fully saturated rings. The van der Waals surface area contributed by atoms with Crippen molar-refractivity contribution in [3.63, 3.8) is 0 Å². The topological polar surface area (TPSA) is 36.4 Å². The average Bonchev–Trinajstić information content (AvgIpc) is 3.15. The molecule has 3 heteroatoms. The molecule has 0 bridgehead atoms. The van der Waals surface area contributed by atoms with Gasteiger partial charge in [-0.1, -0.05) is 25.1 Å². The molecule has 138 valence electrons. The zero-order valence-corrected chi connectivity index (χ0v) is 15.9. The van der Waals surface area contributed by atoms with E-state index in [2.05, 4.69) is 48.0 Å². The van der Waals surface area contributed by atoms with Crippen LogP contribution in [-0.4, -0.2) is 34.6 Å². The molecule has 2 unspecified atom stereocenters. The van der Waals surface area contributed by atoms with Gasteiger partial charge in [0.15, 0.2) is 0 Å². The van der Waals surface area contributed by atoms with Crippen LogP contribution < -0.4 is 0 Å². The van der Waals surface area contributed by atoms with Gasteiger partial charge in [-0.15, -0.1) is 0 Å². The van der Waals surface area contributed by atoms with Gasteiger partial charge in [0.1, 0.15) is 5.75 Å². The highest BCUT2D eigenvalue weighted by Gasteiger charge is 2.40. The number of hydrogen-bond donors (Lipinski definition) is 1. The Kier molecular flexibility index (Phi) is 4.99. The van der Waals surface area contributed by atoms with Crippen LogP contribution in [0.1, 0.15) is 42.5 Å². The van der Waals surface area contributed by atoms with E-state index in [1.807, 2.05) is 6.20 Å². The van der Waals surface area contributed by atoms with E-state index in [0.717, 1.165) is 24.3 Å². The van der Waals surface area contributed by atoms with Gasteiger partial charge < -0.3 is 10.0 Å². The van der Waals surface area contributed by atoms with Crippen molar-refractivity contribution >= 4 is 0 Å². The van der Waals surface area contributed by atoms with Crippen molar-refractivity contribution in [3.05, 3.63) is 59.4 Å². The van der Waals surface area contributed by atoms with Crippen molar-refractivity contribution < 1.29 is 5.11 Å². The highest BCUT2D eigenvalue weighted by molar-refractivity contribution is 5.28. The Morgan fingerprint density at radius 3 is 2.46 bits per heavy atom. The van der Waals surface area contributed by atoms with E-state index in [1.165, 1.54) is 49.2 Å². The number of aryl methyl sites for hydroxylation is 1. The van der Waals surface area contributed by atoms with Gasteiger partial charge in [-0.3, -0.25) is 4.98 Å². The number of phenolic OH excluding ortho intramolecular Hbond substituents is 1. The van der Waals surface area contributed by atoms with Gasteiger partial charge in [0, 0.05) is 31.5 Å². The quantitative estimate of drug-likeness (QED) is 0.868. The molecule has 2 aliphatic rings. The first-order chi connectivity index (χ1) is 12.6. The van der Waals surface area contributed by atoms with E-state index >= 15 is 0 Å². The molecule has 26 heavy (non-hydrogen) atoms. The van der Waals surface area contributed by atoms with E-state index < -0.39 is 0 Å². The number of likely N-dealkylation sites (tertiary alicyclic amines) is 1. The number of benzene rings is 1. The van der Waals surface area contributed by atoms with Gasteiger partial charge in [0.2, 0.25) is 0 Å². The molecule has 1 aromatic heterocycles. The van der Waals surface area contributed by atoms with Gasteiger partial charge in [-0.25, -0.2) is 0 Å². The predicted octanol–water partition coefficient (Wildman–Crippen LogP) is 4.40. The van der Waals surface area contributed by atoms with Crippen LogP contribution in [0.5, 0.6) is 5.75 Å². The van der Waals surface area contributed by atoms with Crippen molar-refractivity contribution in [1.82, 2.24) is 9.88 Å². The standard InChI is InChI=1S/C23H30N2O/c1-16(19-5-7-23(26)8-6-19)13-25-14-21-11-18(12-22(21)15-25)10-20-4-3-9-24-17(20)2/h3-9,16,18,21-22,26H,10-15H2,1-2H3/t16?,18?,21-,22+. The first kappa shape index (κ1) is 17.5. The fourth-order valence-electron chi connectivity index (χ4n) is 5.18.